The number of anilines is 3. The van der Waals surface area contributed by atoms with E-state index >= 15 is 0 Å². The van der Waals surface area contributed by atoms with Crippen LogP contribution >= 0.6 is 22.7 Å². The van der Waals surface area contributed by atoms with Crippen LogP contribution in [0.25, 0.3) is 90.1 Å². The van der Waals surface area contributed by atoms with Crippen molar-refractivity contribution in [2.24, 2.45) is 0 Å². The van der Waals surface area contributed by atoms with Crippen LogP contribution in [0.3, 0.4) is 0 Å². The van der Waals surface area contributed by atoms with Crippen LogP contribution < -0.4 is 4.90 Å². The van der Waals surface area contributed by atoms with Crippen LogP contribution in [0.1, 0.15) is 0 Å². The maximum atomic E-state index is 2.53. The van der Waals surface area contributed by atoms with E-state index in [4.69, 9.17) is 0 Å². The monoisotopic (exact) mass is 774 g/mol. The number of hydrogen-bond acceptors (Lipinski definition) is 3. The Balaban J connectivity index is 1.20. The van der Waals surface area contributed by atoms with E-state index in [1.54, 1.807) is 0 Å². The van der Waals surface area contributed by atoms with E-state index in [2.05, 4.69) is 216 Å². The van der Waals surface area contributed by atoms with Crippen molar-refractivity contribution in [3.05, 3.63) is 206 Å². The zero-order chi connectivity index (χ0) is 38.2. The predicted molar refractivity (Wildman–Crippen MR) is 252 cm³/mol. The lowest BCUT2D eigenvalue weighted by Crippen LogP contribution is -2.09. The van der Waals surface area contributed by atoms with Crippen LogP contribution in [0, 0.1) is 0 Å². The highest BCUT2D eigenvalue weighted by atomic mass is 32.1. The smallest absolute Gasteiger partial charge is 0.0562 e. The Morgan fingerprint density at radius 1 is 0.328 bits per heavy atom. The van der Waals surface area contributed by atoms with Gasteiger partial charge in [-0.25, -0.2) is 0 Å². The Morgan fingerprint density at radius 2 is 0.828 bits per heavy atom. The van der Waals surface area contributed by atoms with Crippen LogP contribution in [-0.2, 0) is 0 Å². The van der Waals surface area contributed by atoms with Gasteiger partial charge in [-0.1, -0.05) is 146 Å². The molecule has 58 heavy (non-hydrogen) atoms. The lowest BCUT2D eigenvalue weighted by Gasteiger charge is -2.26. The van der Waals surface area contributed by atoms with Crippen molar-refractivity contribution in [2.75, 3.05) is 4.90 Å². The molecular formula is C54H34N2S2. The molecule has 2 nitrogen and oxygen atoms in total. The van der Waals surface area contributed by atoms with Gasteiger partial charge < -0.3 is 9.47 Å². The summed E-state index contributed by atoms with van der Waals surface area (Å²) in [6.07, 6.45) is 0. The number of hydrogen-bond donors (Lipinski definition) is 0. The first-order chi connectivity index (χ1) is 28.8. The fourth-order valence-electron chi connectivity index (χ4n) is 9.10. The number of rotatable bonds is 6. The molecule has 4 heteroatoms. The van der Waals surface area contributed by atoms with E-state index < -0.39 is 0 Å². The van der Waals surface area contributed by atoms with Gasteiger partial charge in [0.2, 0.25) is 0 Å². The summed E-state index contributed by atoms with van der Waals surface area (Å²) >= 11 is 3.79. The Hall–Kier alpha value is -6.98. The summed E-state index contributed by atoms with van der Waals surface area (Å²) in [6.45, 7) is 0. The van der Waals surface area contributed by atoms with Gasteiger partial charge in [-0.05, 0) is 66.2 Å². The Bertz CT molecular complexity index is 3480. The molecule has 0 amide bonds. The fourth-order valence-corrected chi connectivity index (χ4v) is 11.5. The number of para-hydroxylation sites is 3. The van der Waals surface area contributed by atoms with Crippen LogP contribution in [0.2, 0.25) is 0 Å². The third kappa shape index (κ3) is 5.09. The molecule has 3 aromatic heterocycles. The van der Waals surface area contributed by atoms with E-state index in [0.29, 0.717) is 0 Å². The molecule has 0 unspecified atom stereocenters. The normalized spacial score (nSPS) is 11.8. The molecule has 0 aliphatic carbocycles. The zero-order valence-corrected chi connectivity index (χ0v) is 33.0. The first-order valence-electron chi connectivity index (χ1n) is 19.7. The second kappa shape index (κ2) is 13.3. The van der Waals surface area contributed by atoms with Crippen molar-refractivity contribution in [1.29, 1.82) is 0 Å². The molecule has 0 radical (unpaired) electrons. The molecule has 0 aliphatic rings. The highest BCUT2D eigenvalue weighted by molar-refractivity contribution is 7.26. The van der Waals surface area contributed by atoms with Crippen LogP contribution in [-0.4, -0.2) is 4.57 Å². The molecule has 0 bridgehead atoms. The quantitative estimate of drug-likeness (QED) is 0.163. The third-order valence-electron chi connectivity index (χ3n) is 11.6. The molecule has 9 aromatic carbocycles. The van der Waals surface area contributed by atoms with E-state index in [9.17, 15) is 0 Å². The Kier molecular flexibility index (Phi) is 7.62. The van der Waals surface area contributed by atoms with Gasteiger partial charge in [0.25, 0.3) is 0 Å². The standard InChI is InChI=1S/C54H34N2S2/c1-3-16-35(17-4-1)55(36-18-5-2-6-19-36)37-32-33-39-38-20-7-10-28-47(38)56(49(39)34-37)48-29-15-23-42(45-26-13-24-43-40-21-8-11-30-50(40)57-53(43)45)52(48)46-27-14-25-44-41-22-9-12-31-51(41)58-54(44)46/h1-34H. The topological polar surface area (TPSA) is 8.17 Å². The van der Waals surface area contributed by atoms with E-state index in [1.165, 1.54) is 78.9 Å². The zero-order valence-electron chi connectivity index (χ0n) is 31.3. The van der Waals surface area contributed by atoms with Crippen molar-refractivity contribution in [1.82, 2.24) is 4.57 Å². The van der Waals surface area contributed by atoms with Gasteiger partial charge in [0.1, 0.15) is 0 Å². The fraction of sp³-hybridized carbons (Fsp3) is 0. The van der Waals surface area contributed by atoms with E-state index in [0.717, 1.165) is 28.3 Å². The molecule has 0 saturated heterocycles. The van der Waals surface area contributed by atoms with Crippen LogP contribution in [0.5, 0.6) is 0 Å². The van der Waals surface area contributed by atoms with Crippen molar-refractivity contribution in [3.63, 3.8) is 0 Å². The largest absolute Gasteiger partial charge is 0.310 e. The molecule has 3 heterocycles. The van der Waals surface area contributed by atoms with Gasteiger partial charge in [0, 0.05) is 84.9 Å². The summed E-state index contributed by atoms with van der Waals surface area (Å²) in [6, 6.07) is 75.6. The summed E-state index contributed by atoms with van der Waals surface area (Å²) in [7, 11) is 0. The van der Waals surface area contributed by atoms with Gasteiger partial charge in [-0.15, -0.1) is 22.7 Å². The summed E-state index contributed by atoms with van der Waals surface area (Å²) < 4.78 is 7.76. The van der Waals surface area contributed by atoms with Gasteiger partial charge >= 0.3 is 0 Å². The second-order valence-electron chi connectivity index (χ2n) is 14.8. The lowest BCUT2D eigenvalue weighted by atomic mass is 9.91. The molecule has 12 aromatic rings. The lowest BCUT2D eigenvalue weighted by molar-refractivity contribution is 1.18. The highest BCUT2D eigenvalue weighted by Crippen LogP contribution is 2.49. The minimum atomic E-state index is 1.10. The maximum absolute atomic E-state index is 2.53. The van der Waals surface area contributed by atoms with E-state index in [1.807, 2.05) is 22.7 Å². The van der Waals surface area contributed by atoms with Gasteiger partial charge in [0.15, 0.2) is 0 Å². The average Bonchev–Trinajstić information content (AvgIpc) is 3.97. The van der Waals surface area contributed by atoms with Crippen molar-refractivity contribution in [2.45, 2.75) is 0 Å². The number of aromatic nitrogens is 1. The number of fused-ring (bicyclic) bond motifs is 9. The van der Waals surface area contributed by atoms with Crippen molar-refractivity contribution < 1.29 is 0 Å². The summed E-state index contributed by atoms with van der Waals surface area (Å²) in [4.78, 5) is 2.36. The number of benzene rings is 9. The molecule has 0 fully saturated rings. The summed E-state index contributed by atoms with van der Waals surface area (Å²) in [5.41, 5.74) is 11.8. The number of thiophene rings is 2. The van der Waals surface area contributed by atoms with Crippen molar-refractivity contribution >= 4 is 102 Å². The van der Waals surface area contributed by atoms with Gasteiger partial charge in [-0.2, -0.15) is 0 Å². The van der Waals surface area contributed by atoms with Gasteiger partial charge in [-0.3, -0.25) is 0 Å². The SMILES string of the molecule is c1ccc(N(c2ccccc2)c2ccc3c4ccccc4n(-c4cccc(-c5cccc6c5sc5ccccc56)c4-c4cccc5c4sc4ccccc45)c3c2)cc1. The van der Waals surface area contributed by atoms with Crippen molar-refractivity contribution in [3.8, 4) is 27.9 Å². The maximum Gasteiger partial charge on any atom is 0.0562 e. The second-order valence-corrected chi connectivity index (χ2v) is 16.9. The highest BCUT2D eigenvalue weighted by Gasteiger charge is 2.24. The van der Waals surface area contributed by atoms with Crippen LogP contribution in [0.15, 0.2) is 206 Å². The Morgan fingerprint density at radius 3 is 1.50 bits per heavy atom. The Labute approximate surface area is 343 Å². The minimum Gasteiger partial charge on any atom is -0.310 e. The van der Waals surface area contributed by atoms with Crippen LogP contribution in [0.4, 0.5) is 17.1 Å². The molecule has 0 spiro atoms. The molecular weight excluding hydrogens is 741 g/mol. The van der Waals surface area contributed by atoms with E-state index in [-0.39, 0.29) is 0 Å². The molecule has 272 valence electrons. The number of nitrogens with zero attached hydrogens (tertiary/aromatic N) is 2. The average molecular weight is 775 g/mol. The molecule has 0 aliphatic heterocycles. The predicted octanol–water partition coefficient (Wildman–Crippen LogP) is 16.3. The minimum absolute atomic E-state index is 1.10. The third-order valence-corrected chi connectivity index (χ3v) is 14.0. The van der Waals surface area contributed by atoms with Gasteiger partial charge in [0.05, 0.1) is 16.7 Å². The summed E-state index contributed by atoms with van der Waals surface area (Å²) in [5, 5.41) is 7.67. The summed E-state index contributed by atoms with van der Waals surface area (Å²) in [5.74, 6) is 0. The molecule has 0 N–H and O–H groups in total. The first kappa shape index (κ1) is 33.2. The molecule has 12 rings (SSSR count). The molecule has 0 saturated carbocycles. The first-order valence-corrected chi connectivity index (χ1v) is 21.3. The molecule has 0 atom stereocenters.